The molecule has 0 aromatic heterocycles. The zero-order valence-electron chi connectivity index (χ0n) is 8.59. The van der Waals surface area contributed by atoms with Gasteiger partial charge in [0.1, 0.15) is 0 Å². The topological polar surface area (TPSA) is 9.23 Å². The second kappa shape index (κ2) is 2.73. The van der Waals surface area contributed by atoms with E-state index in [9.17, 15) is 0 Å². The number of ether oxygens (including phenoxy) is 1. The lowest BCUT2D eigenvalue weighted by atomic mass is 9.38. The predicted octanol–water partition coefficient (Wildman–Crippen LogP) is 2.85. The molecule has 3 saturated carbocycles. The highest BCUT2D eigenvalue weighted by Crippen LogP contribution is 2.74. The van der Waals surface area contributed by atoms with Gasteiger partial charge in [0, 0.05) is 13.2 Å². The molecule has 4 unspecified atom stereocenters. The van der Waals surface area contributed by atoms with Crippen LogP contribution in [-0.4, -0.2) is 13.2 Å². The zero-order valence-corrected chi connectivity index (χ0v) is 8.59. The summed E-state index contributed by atoms with van der Waals surface area (Å²) in [6.07, 6.45) is 7.60. The Morgan fingerprint density at radius 3 is 2.92 bits per heavy atom. The minimum atomic E-state index is 0.815. The lowest BCUT2D eigenvalue weighted by Gasteiger charge is -2.66. The van der Waals surface area contributed by atoms with Crippen molar-refractivity contribution in [3.8, 4) is 0 Å². The molecule has 1 nitrogen and oxygen atoms in total. The minimum Gasteiger partial charge on any atom is -0.381 e. The summed E-state index contributed by atoms with van der Waals surface area (Å²) in [5.41, 5.74) is 0.815. The van der Waals surface area contributed by atoms with Crippen molar-refractivity contribution in [2.24, 2.45) is 23.2 Å². The molecule has 3 fully saturated rings. The Morgan fingerprint density at radius 1 is 1.31 bits per heavy atom. The fraction of sp³-hybridized carbons (Fsp3) is 1.00. The summed E-state index contributed by atoms with van der Waals surface area (Å²) in [5, 5.41) is 0. The van der Waals surface area contributed by atoms with Crippen molar-refractivity contribution in [3.05, 3.63) is 0 Å². The molecule has 3 aliphatic rings. The molecule has 0 saturated heterocycles. The summed E-state index contributed by atoms with van der Waals surface area (Å²) in [4.78, 5) is 0. The van der Waals surface area contributed by atoms with Gasteiger partial charge in [-0.3, -0.25) is 0 Å². The van der Waals surface area contributed by atoms with Crippen LogP contribution in [0, 0.1) is 23.2 Å². The normalized spacial score (nSPS) is 51.9. The third kappa shape index (κ3) is 0.869. The van der Waals surface area contributed by atoms with Gasteiger partial charge in [-0.25, -0.2) is 0 Å². The molecule has 0 aliphatic heterocycles. The maximum Gasteiger partial charge on any atom is 0.0499 e. The zero-order chi connectivity index (χ0) is 8.89. The van der Waals surface area contributed by atoms with E-state index in [0.29, 0.717) is 0 Å². The van der Waals surface area contributed by atoms with Crippen molar-refractivity contribution < 1.29 is 4.74 Å². The summed E-state index contributed by atoms with van der Waals surface area (Å²) < 4.78 is 5.59. The van der Waals surface area contributed by atoms with Crippen molar-refractivity contribution in [1.82, 2.24) is 0 Å². The van der Waals surface area contributed by atoms with Gasteiger partial charge in [0.15, 0.2) is 0 Å². The Kier molecular flexibility index (Phi) is 1.74. The molecule has 1 spiro atoms. The first-order chi connectivity index (χ1) is 6.38. The molecule has 4 atom stereocenters. The summed E-state index contributed by atoms with van der Waals surface area (Å²) >= 11 is 0. The Morgan fingerprint density at radius 2 is 2.23 bits per heavy atom. The fourth-order valence-corrected chi connectivity index (χ4v) is 4.48. The highest BCUT2D eigenvalue weighted by molar-refractivity contribution is 5.15. The monoisotopic (exact) mass is 180 g/mol. The van der Waals surface area contributed by atoms with Crippen LogP contribution < -0.4 is 0 Å². The Balaban J connectivity index is 1.66. The van der Waals surface area contributed by atoms with E-state index in [1.54, 1.807) is 6.42 Å². The Bertz CT molecular complexity index is 213. The van der Waals surface area contributed by atoms with Gasteiger partial charge in [-0.15, -0.1) is 0 Å². The molecule has 74 valence electrons. The van der Waals surface area contributed by atoms with Gasteiger partial charge in [0.2, 0.25) is 0 Å². The molecular weight excluding hydrogens is 160 g/mol. The van der Waals surface area contributed by atoms with Crippen LogP contribution in [0.2, 0.25) is 0 Å². The van der Waals surface area contributed by atoms with E-state index in [4.69, 9.17) is 4.74 Å². The largest absolute Gasteiger partial charge is 0.381 e. The molecule has 0 bridgehead atoms. The number of hydrogen-bond acceptors (Lipinski definition) is 1. The van der Waals surface area contributed by atoms with Gasteiger partial charge in [-0.2, -0.15) is 0 Å². The maximum atomic E-state index is 5.59. The molecule has 0 heterocycles. The Labute approximate surface area is 80.8 Å². The molecule has 13 heavy (non-hydrogen) atoms. The molecule has 0 amide bonds. The van der Waals surface area contributed by atoms with Gasteiger partial charge in [0.05, 0.1) is 0 Å². The second-order valence-electron chi connectivity index (χ2n) is 5.23. The summed E-state index contributed by atoms with van der Waals surface area (Å²) in [6, 6.07) is 0. The van der Waals surface area contributed by atoms with Gasteiger partial charge < -0.3 is 4.74 Å². The number of hydrogen-bond donors (Lipinski definition) is 0. The van der Waals surface area contributed by atoms with Gasteiger partial charge in [0.25, 0.3) is 0 Å². The van der Waals surface area contributed by atoms with Crippen LogP contribution in [0.25, 0.3) is 0 Å². The molecule has 1 heteroatoms. The third-order valence-corrected chi connectivity index (χ3v) is 5.10. The van der Waals surface area contributed by atoms with Crippen LogP contribution in [-0.2, 0) is 4.74 Å². The molecule has 3 aliphatic carbocycles. The Hall–Kier alpha value is -0.0400. The quantitative estimate of drug-likeness (QED) is 0.649. The molecule has 0 aromatic carbocycles. The van der Waals surface area contributed by atoms with Gasteiger partial charge in [-0.1, -0.05) is 6.42 Å². The van der Waals surface area contributed by atoms with Crippen molar-refractivity contribution in [3.63, 3.8) is 0 Å². The summed E-state index contributed by atoms with van der Waals surface area (Å²) in [6.45, 7) is 4.08. The predicted molar refractivity (Wildman–Crippen MR) is 52.5 cm³/mol. The van der Waals surface area contributed by atoms with E-state index < -0.39 is 0 Å². The summed E-state index contributed by atoms with van der Waals surface area (Å²) in [7, 11) is 0. The van der Waals surface area contributed by atoms with Crippen LogP contribution in [0.3, 0.4) is 0 Å². The molecule has 0 aromatic rings. The average Bonchev–Trinajstić information content (AvgIpc) is 2.52. The van der Waals surface area contributed by atoms with Crippen molar-refractivity contribution in [1.29, 1.82) is 0 Å². The van der Waals surface area contributed by atoms with E-state index in [0.717, 1.165) is 36.4 Å². The first-order valence-electron chi connectivity index (χ1n) is 5.95. The van der Waals surface area contributed by atoms with Crippen molar-refractivity contribution >= 4 is 0 Å². The average molecular weight is 180 g/mol. The molecule has 3 rings (SSSR count). The van der Waals surface area contributed by atoms with Crippen molar-refractivity contribution in [2.75, 3.05) is 13.2 Å². The third-order valence-electron chi connectivity index (χ3n) is 5.10. The van der Waals surface area contributed by atoms with E-state index in [-0.39, 0.29) is 0 Å². The highest BCUT2D eigenvalue weighted by atomic mass is 16.5. The first-order valence-corrected chi connectivity index (χ1v) is 5.95. The lowest BCUT2D eigenvalue weighted by molar-refractivity contribution is -0.198. The van der Waals surface area contributed by atoms with Crippen molar-refractivity contribution in [2.45, 2.75) is 39.0 Å². The fourth-order valence-electron chi connectivity index (χ4n) is 4.48. The van der Waals surface area contributed by atoms with Crippen LogP contribution in [0.5, 0.6) is 0 Å². The van der Waals surface area contributed by atoms with E-state index in [2.05, 4.69) is 6.92 Å². The second-order valence-corrected chi connectivity index (χ2v) is 5.23. The summed E-state index contributed by atoms with van der Waals surface area (Å²) in [5.74, 6) is 3.17. The molecule has 0 N–H and O–H groups in total. The van der Waals surface area contributed by atoms with Crippen LogP contribution in [0.4, 0.5) is 0 Å². The first kappa shape index (κ1) is 8.28. The van der Waals surface area contributed by atoms with Crippen LogP contribution >= 0.6 is 0 Å². The van der Waals surface area contributed by atoms with Crippen LogP contribution in [0.1, 0.15) is 39.0 Å². The standard InChI is InChI=1S/C12H20O/c1-2-13-8-11-7-10-6-9-4-3-5-12(9,10)11/h9-11H,2-8H2,1H3. The number of rotatable bonds is 3. The SMILES string of the molecule is CCOCC1CC2CC3CCCC312. The highest BCUT2D eigenvalue weighted by Gasteiger charge is 2.67. The van der Waals surface area contributed by atoms with Gasteiger partial charge >= 0.3 is 0 Å². The smallest absolute Gasteiger partial charge is 0.0499 e. The maximum absolute atomic E-state index is 5.59. The van der Waals surface area contributed by atoms with Gasteiger partial charge in [-0.05, 0) is 55.8 Å². The van der Waals surface area contributed by atoms with E-state index >= 15 is 0 Å². The lowest BCUT2D eigenvalue weighted by Crippen LogP contribution is -2.61. The van der Waals surface area contributed by atoms with E-state index in [1.165, 1.54) is 25.7 Å². The molecule has 0 radical (unpaired) electrons. The van der Waals surface area contributed by atoms with E-state index in [1.807, 2.05) is 0 Å². The van der Waals surface area contributed by atoms with Crippen LogP contribution in [0.15, 0.2) is 0 Å². The molecular formula is C12H20O. The minimum absolute atomic E-state index is 0.815.